The smallest absolute Gasteiger partial charge is 0.462 e. The molecule has 0 bridgehead atoms. The average molecular weight is 997 g/mol. The van der Waals surface area contributed by atoms with Crippen molar-refractivity contribution in [3.63, 3.8) is 0 Å². The predicted molar refractivity (Wildman–Crippen MR) is 254 cm³/mol. The first kappa shape index (κ1) is 62.2. The largest absolute Gasteiger partial charge is 0.472 e. The van der Waals surface area contributed by atoms with Crippen molar-refractivity contribution in [3.05, 3.63) is 24.3 Å². The average Bonchev–Trinajstić information content (AvgIpc) is 3.32. The van der Waals surface area contributed by atoms with E-state index in [1.54, 1.807) is 0 Å². The minimum Gasteiger partial charge on any atom is -0.462 e. The monoisotopic (exact) mass is 997 g/mol. The van der Waals surface area contributed by atoms with Crippen LogP contribution in [-0.2, 0) is 42.1 Å². The molecule has 0 aromatic heterocycles. The zero-order valence-electron chi connectivity index (χ0n) is 40.9. The Balaban J connectivity index is 1.95. The molecule has 0 aromatic carbocycles. The predicted octanol–water partition coefficient (Wildman–Crippen LogP) is 5.88. The lowest BCUT2D eigenvalue weighted by Gasteiger charge is -2.47. The normalized spacial score (nSPS) is 28.0. The molecule has 398 valence electrons. The number of carbonyl (C=O) groups excluding carboxylic acids is 2. The van der Waals surface area contributed by atoms with Crippen molar-refractivity contribution in [2.75, 3.05) is 19.8 Å². The summed E-state index contributed by atoms with van der Waals surface area (Å²) in [6.07, 6.45) is 11.2. The third-order valence-corrected chi connectivity index (χ3v) is 13.4. The Bertz CT molecular complexity index is 1420. The fourth-order valence-electron chi connectivity index (χ4n) is 8.10. The van der Waals surface area contributed by atoms with Gasteiger partial charge in [0.25, 0.3) is 0 Å². The SMILES string of the molecule is CCCCCCC=CCCCCCCCCCC(=O)OC(COC(=O)CCCCCC=CCCCCCCCC)COP(=O)(O)OC1C(O)C(O)C(O)C(O)C1OC1OC(CO)C(O)C(O)C1O. The van der Waals surface area contributed by atoms with Gasteiger partial charge in [-0.15, -0.1) is 0 Å². The summed E-state index contributed by atoms with van der Waals surface area (Å²) in [6, 6.07) is 0. The summed E-state index contributed by atoms with van der Waals surface area (Å²) in [6.45, 7) is 2.19. The molecule has 9 N–H and O–H groups in total. The molecule has 1 aliphatic carbocycles. The van der Waals surface area contributed by atoms with Crippen molar-refractivity contribution in [2.45, 2.75) is 254 Å². The third kappa shape index (κ3) is 25.5. The Morgan fingerprint density at radius 2 is 0.971 bits per heavy atom. The molecule has 68 heavy (non-hydrogen) atoms. The number of aliphatic hydroxyl groups excluding tert-OH is 8. The van der Waals surface area contributed by atoms with Crippen LogP contribution in [0, 0.1) is 0 Å². The molecule has 0 spiro atoms. The van der Waals surface area contributed by atoms with Crippen LogP contribution in [0.15, 0.2) is 24.3 Å². The van der Waals surface area contributed by atoms with Crippen molar-refractivity contribution < 1.29 is 87.9 Å². The minimum absolute atomic E-state index is 0.0253. The van der Waals surface area contributed by atoms with Gasteiger partial charge in [0.2, 0.25) is 0 Å². The number of carbonyl (C=O) groups is 2. The van der Waals surface area contributed by atoms with Gasteiger partial charge < -0.3 is 64.7 Å². The Hall–Kier alpha value is -1.87. The van der Waals surface area contributed by atoms with Crippen molar-refractivity contribution in [2.24, 2.45) is 0 Å². The van der Waals surface area contributed by atoms with Crippen molar-refractivity contribution in [3.8, 4) is 0 Å². The van der Waals surface area contributed by atoms with Gasteiger partial charge in [-0.1, -0.05) is 128 Å². The maximum absolute atomic E-state index is 13.4. The van der Waals surface area contributed by atoms with Crippen LogP contribution in [0.5, 0.6) is 0 Å². The summed E-state index contributed by atoms with van der Waals surface area (Å²) >= 11 is 0. The number of hydrogen-bond donors (Lipinski definition) is 9. The second-order valence-electron chi connectivity index (χ2n) is 18.4. The quantitative estimate of drug-likeness (QED) is 0.0150. The molecule has 1 saturated carbocycles. The molecular formula is C49H89O18P. The molecule has 0 amide bonds. The maximum atomic E-state index is 13.4. The number of phosphoric acid groups is 1. The van der Waals surface area contributed by atoms with Crippen LogP contribution >= 0.6 is 7.82 Å². The van der Waals surface area contributed by atoms with E-state index in [-0.39, 0.29) is 12.8 Å². The van der Waals surface area contributed by atoms with E-state index in [0.717, 1.165) is 77.0 Å². The number of hydrogen-bond acceptors (Lipinski definition) is 17. The fraction of sp³-hybridized carbons (Fsp3) is 0.878. The zero-order chi connectivity index (χ0) is 50.2. The molecule has 1 heterocycles. The summed E-state index contributed by atoms with van der Waals surface area (Å²) < 4.78 is 45.4. The lowest BCUT2D eigenvalue weighted by Crippen LogP contribution is -2.67. The van der Waals surface area contributed by atoms with Crippen molar-refractivity contribution in [1.29, 1.82) is 0 Å². The number of allylic oxidation sites excluding steroid dienone is 4. The molecule has 0 aromatic rings. The zero-order valence-corrected chi connectivity index (χ0v) is 41.8. The number of unbranched alkanes of at least 4 members (excludes halogenated alkanes) is 20. The van der Waals surface area contributed by atoms with E-state index in [4.69, 9.17) is 28.0 Å². The molecule has 18 nitrogen and oxygen atoms in total. The number of aliphatic hydroxyl groups is 8. The number of esters is 2. The number of ether oxygens (including phenoxy) is 4. The molecular weight excluding hydrogens is 907 g/mol. The van der Waals surface area contributed by atoms with E-state index in [1.165, 1.54) is 64.2 Å². The van der Waals surface area contributed by atoms with Gasteiger partial charge in [-0.2, -0.15) is 0 Å². The van der Waals surface area contributed by atoms with E-state index in [0.29, 0.717) is 12.8 Å². The van der Waals surface area contributed by atoms with Gasteiger partial charge in [0, 0.05) is 12.8 Å². The highest BCUT2D eigenvalue weighted by Gasteiger charge is 2.55. The van der Waals surface area contributed by atoms with Gasteiger partial charge in [-0.3, -0.25) is 18.6 Å². The molecule has 13 atom stereocenters. The molecule has 13 unspecified atom stereocenters. The van der Waals surface area contributed by atoms with Crippen LogP contribution in [0.4, 0.5) is 0 Å². The summed E-state index contributed by atoms with van der Waals surface area (Å²) in [7, 11) is -5.38. The lowest BCUT2D eigenvalue weighted by molar-refractivity contribution is -0.338. The van der Waals surface area contributed by atoms with Gasteiger partial charge in [-0.05, 0) is 64.2 Å². The fourth-order valence-corrected chi connectivity index (χ4v) is 9.07. The summed E-state index contributed by atoms with van der Waals surface area (Å²) in [4.78, 5) is 36.5. The van der Waals surface area contributed by atoms with E-state index in [9.17, 15) is 59.9 Å². The Labute approximate surface area is 405 Å². The van der Waals surface area contributed by atoms with Crippen LogP contribution in [-0.4, -0.2) is 151 Å². The van der Waals surface area contributed by atoms with E-state index < -0.39 is 113 Å². The highest BCUT2D eigenvalue weighted by atomic mass is 31.2. The second kappa shape index (κ2) is 37.0. The highest BCUT2D eigenvalue weighted by Crippen LogP contribution is 2.48. The maximum Gasteiger partial charge on any atom is 0.472 e. The lowest BCUT2D eigenvalue weighted by atomic mass is 9.84. The molecule has 1 aliphatic heterocycles. The summed E-state index contributed by atoms with van der Waals surface area (Å²) in [5, 5.41) is 82.9. The van der Waals surface area contributed by atoms with E-state index >= 15 is 0 Å². The van der Waals surface area contributed by atoms with Crippen molar-refractivity contribution in [1.82, 2.24) is 0 Å². The first-order chi connectivity index (χ1) is 32.7. The first-order valence-electron chi connectivity index (χ1n) is 25.7. The Morgan fingerprint density at radius 3 is 1.49 bits per heavy atom. The van der Waals surface area contributed by atoms with Gasteiger partial charge in [0.05, 0.1) is 13.2 Å². The topological polar surface area (TPSA) is 289 Å². The summed E-state index contributed by atoms with van der Waals surface area (Å²) in [5.41, 5.74) is 0. The van der Waals surface area contributed by atoms with Crippen molar-refractivity contribution >= 4 is 19.8 Å². The number of rotatable bonds is 39. The molecule has 2 fully saturated rings. The van der Waals surface area contributed by atoms with Crippen LogP contribution in [0.25, 0.3) is 0 Å². The third-order valence-electron chi connectivity index (χ3n) is 12.4. The molecule has 2 aliphatic rings. The molecule has 2 rings (SSSR count). The minimum atomic E-state index is -5.38. The first-order valence-corrected chi connectivity index (χ1v) is 27.2. The molecule has 1 saturated heterocycles. The molecule has 19 heteroatoms. The van der Waals surface area contributed by atoms with Crippen LogP contribution in [0.2, 0.25) is 0 Å². The second-order valence-corrected chi connectivity index (χ2v) is 19.8. The van der Waals surface area contributed by atoms with E-state index in [2.05, 4.69) is 38.2 Å². The number of phosphoric ester groups is 1. The van der Waals surface area contributed by atoms with Gasteiger partial charge in [-0.25, -0.2) is 4.57 Å². The van der Waals surface area contributed by atoms with Crippen LogP contribution in [0.3, 0.4) is 0 Å². The highest BCUT2D eigenvalue weighted by molar-refractivity contribution is 7.47. The van der Waals surface area contributed by atoms with Gasteiger partial charge in [0.15, 0.2) is 12.4 Å². The Morgan fingerprint density at radius 1 is 0.544 bits per heavy atom. The Kier molecular flexibility index (Phi) is 33.8. The van der Waals surface area contributed by atoms with Crippen LogP contribution < -0.4 is 0 Å². The molecule has 0 radical (unpaired) electrons. The van der Waals surface area contributed by atoms with E-state index in [1.807, 2.05) is 0 Å². The van der Waals surface area contributed by atoms with Gasteiger partial charge in [0.1, 0.15) is 67.6 Å². The van der Waals surface area contributed by atoms with Crippen LogP contribution in [0.1, 0.15) is 181 Å². The van der Waals surface area contributed by atoms with Gasteiger partial charge >= 0.3 is 19.8 Å². The standard InChI is InChI=1S/C49H89O18P/c1-3-5-7-9-11-13-15-17-18-20-22-24-26-28-30-32-39(52)64-36(34-62-38(51)31-29-27-25-23-21-19-16-14-12-10-8-6-4-2)35-63-68(60,61)67-48-45(58)43(56)42(55)44(57)47(48)66-49-46(59)41(54)40(53)37(33-50)65-49/h13,15,19,21,36-37,40-50,53-59H,3-12,14,16-18,20,22-35H2,1-2H3,(H,60,61). The summed E-state index contributed by atoms with van der Waals surface area (Å²) in [5.74, 6) is -1.24.